The van der Waals surface area contributed by atoms with Crippen LogP contribution in [0.25, 0.3) is 0 Å². The smallest absolute Gasteiger partial charge is 0.344 e. The zero-order chi connectivity index (χ0) is 16.8. The Morgan fingerprint density at radius 1 is 1.26 bits per heavy atom. The summed E-state index contributed by atoms with van der Waals surface area (Å²) in [5, 5.41) is 11.3. The van der Waals surface area contributed by atoms with Gasteiger partial charge in [-0.2, -0.15) is 0 Å². The number of non-ortho nitro benzene ring substituents is 1. The topological polar surface area (TPSA) is 78.7 Å². The molecule has 2 aromatic rings. The van der Waals surface area contributed by atoms with Crippen LogP contribution in [0.3, 0.4) is 0 Å². The van der Waals surface area contributed by atoms with Crippen LogP contribution in [0, 0.1) is 10.1 Å². The average Bonchev–Trinajstić information content (AvgIpc) is 2.53. The molecule has 0 aliphatic heterocycles. The molecule has 0 N–H and O–H groups in total. The van der Waals surface area contributed by atoms with Crippen molar-refractivity contribution < 1.29 is 19.2 Å². The van der Waals surface area contributed by atoms with Gasteiger partial charge in [0.1, 0.15) is 11.9 Å². The number of benzene rings is 2. The summed E-state index contributed by atoms with van der Waals surface area (Å²) in [5.74, 6) is -0.124. The van der Waals surface area contributed by atoms with E-state index in [1.807, 2.05) is 0 Å². The van der Waals surface area contributed by atoms with Crippen LogP contribution >= 0.6 is 11.6 Å². The Kier molecular flexibility index (Phi) is 5.54. The third-order valence-electron chi connectivity index (χ3n) is 3.01. The normalized spacial score (nSPS) is 11.6. The van der Waals surface area contributed by atoms with E-state index in [-0.39, 0.29) is 12.3 Å². The Morgan fingerprint density at radius 3 is 2.70 bits per heavy atom. The zero-order valence-corrected chi connectivity index (χ0v) is 13.0. The molecule has 0 fully saturated rings. The number of esters is 1. The molecule has 0 heterocycles. The Balaban J connectivity index is 1.92. The highest BCUT2D eigenvalue weighted by Gasteiger charge is 2.15. The first-order valence-electron chi connectivity index (χ1n) is 6.78. The molecule has 120 valence electrons. The fraction of sp³-hybridized carbons (Fsp3) is 0.188. The third kappa shape index (κ3) is 4.96. The van der Waals surface area contributed by atoms with Crippen molar-refractivity contribution in [1.82, 2.24) is 0 Å². The quantitative estimate of drug-likeness (QED) is 0.454. The molecule has 0 saturated heterocycles. The van der Waals surface area contributed by atoms with Gasteiger partial charge in [0.05, 0.1) is 4.92 Å². The minimum absolute atomic E-state index is 0.0550. The van der Waals surface area contributed by atoms with Crippen LogP contribution in [0.15, 0.2) is 48.5 Å². The summed E-state index contributed by atoms with van der Waals surface area (Å²) in [6.45, 7) is 1.36. The lowest BCUT2D eigenvalue weighted by Crippen LogP contribution is -2.17. The molecular weight excluding hydrogens is 322 g/mol. The van der Waals surface area contributed by atoms with Crippen molar-refractivity contribution in [3.63, 3.8) is 0 Å². The maximum Gasteiger partial charge on any atom is 0.344 e. The summed E-state index contributed by atoms with van der Waals surface area (Å²) in [6.07, 6.45) is -0.620. The first kappa shape index (κ1) is 16.8. The van der Waals surface area contributed by atoms with Gasteiger partial charge in [0.25, 0.3) is 5.69 Å². The second-order valence-electron chi connectivity index (χ2n) is 4.73. The molecule has 6 nitrogen and oxygen atoms in total. The summed E-state index contributed by atoms with van der Waals surface area (Å²) < 4.78 is 10.5. The first-order valence-corrected chi connectivity index (χ1v) is 7.15. The molecular formula is C16H14ClNO5. The summed E-state index contributed by atoms with van der Waals surface area (Å²) in [7, 11) is 0. The van der Waals surface area contributed by atoms with Crippen molar-refractivity contribution in [1.29, 1.82) is 0 Å². The van der Waals surface area contributed by atoms with E-state index in [1.165, 1.54) is 12.1 Å². The molecule has 1 atom stereocenters. The standard InChI is InChI=1S/C16H14ClNO5/c1-11(12-4-2-6-14(8-12)18(20)21)23-16(19)10-22-15-7-3-5-13(17)9-15/h2-9,11H,10H2,1H3/t11-/m1/s1. The fourth-order valence-corrected chi connectivity index (χ4v) is 2.07. The summed E-state index contributed by atoms with van der Waals surface area (Å²) in [5.41, 5.74) is 0.482. The van der Waals surface area contributed by atoms with Crippen molar-refractivity contribution in [2.75, 3.05) is 6.61 Å². The Hall–Kier alpha value is -2.60. The van der Waals surface area contributed by atoms with Crippen LogP contribution in [0.1, 0.15) is 18.6 Å². The van der Waals surface area contributed by atoms with E-state index in [1.54, 1.807) is 43.3 Å². The van der Waals surface area contributed by atoms with Gasteiger partial charge in [0.2, 0.25) is 0 Å². The summed E-state index contributed by atoms with van der Waals surface area (Å²) in [4.78, 5) is 22.0. The van der Waals surface area contributed by atoms with E-state index < -0.39 is 17.0 Å². The third-order valence-corrected chi connectivity index (χ3v) is 3.25. The predicted molar refractivity (Wildman–Crippen MR) is 84.6 cm³/mol. The zero-order valence-electron chi connectivity index (χ0n) is 12.3. The molecule has 0 amide bonds. The van der Waals surface area contributed by atoms with E-state index in [0.717, 1.165) is 0 Å². The van der Waals surface area contributed by atoms with Crippen LogP contribution < -0.4 is 4.74 Å². The number of halogens is 1. The van der Waals surface area contributed by atoms with Gasteiger partial charge in [-0.05, 0) is 30.7 Å². The first-order chi connectivity index (χ1) is 11.0. The predicted octanol–water partition coefficient (Wildman–Crippen LogP) is 3.93. The number of nitro groups is 1. The molecule has 0 spiro atoms. The lowest BCUT2D eigenvalue weighted by Gasteiger charge is -2.14. The Morgan fingerprint density at radius 2 is 2.00 bits per heavy atom. The highest BCUT2D eigenvalue weighted by Crippen LogP contribution is 2.22. The number of ether oxygens (including phenoxy) is 2. The molecule has 2 aromatic carbocycles. The van der Waals surface area contributed by atoms with Crippen LogP contribution in [0.5, 0.6) is 5.75 Å². The molecule has 0 unspecified atom stereocenters. The summed E-state index contributed by atoms with van der Waals surface area (Å²) in [6, 6.07) is 12.6. The van der Waals surface area contributed by atoms with Crippen molar-refractivity contribution in [2.24, 2.45) is 0 Å². The lowest BCUT2D eigenvalue weighted by atomic mass is 10.1. The fourth-order valence-electron chi connectivity index (χ4n) is 1.89. The number of rotatable bonds is 6. The van der Waals surface area contributed by atoms with Crippen LogP contribution in [0.2, 0.25) is 5.02 Å². The number of carbonyl (C=O) groups is 1. The maximum absolute atomic E-state index is 11.8. The molecule has 2 rings (SSSR count). The van der Waals surface area contributed by atoms with E-state index in [2.05, 4.69) is 0 Å². The maximum atomic E-state index is 11.8. The van der Waals surface area contributed by atoms with Crippen molar-refractivity contribution in [3.05, 3.63) is 69.2 Å². The molecule has 0 aromatic heterocycles. The van der Waals surface area contributed by atoms with E-state index in [9.17, 15) is 14.9 Å². The van der Waals surface area contributed by atoms with Crippen LogP contribution in [-0.2, 0) is 9.53 Å². The minimum Gasteiger partial charge on any atom is -0.482 e. The molecule has 0 saturated carbocycles. The van der Waals surface area contributed by atoms with E-state index in [4.69, 9.17) is 21.1 Å². The van der Waals surface area contributed by atoms with Gasteiger partial charge in [-0.15, -0.1) is 0 Å². The summed E-state index contributed by atoms with van der Waals surface area (Å²) >= 11 is 5.81. The molecule has 7 heteroatoms. The van der Waals surface area contributed by atoms with Gasteiger partial charge < -0.3 is 9.47 Å². The number of nitrogens with zero attached hydrogens (tertiary/aromatic N) is 1. The van der Waals surface area contributed by atoms with Crippen molar-refractivity contribution in [3.8, 4) is 5.75 Å². The Labute approximate surface area is 137 Å². The minimum atomic E-state index is -0.620. The molecule has 0 radical (unpaired) electrons. The average molecular weight is 336 g/mol. The Bertz CT molecular complexity index is 719. The molecule has 0 bridgehead atoms. The van der Waals surface area contributed by atoms with Crippen LogP contribution in [0.4, 0.5) is 5.69 Å². The van der Waals surface area contributed by atoms with Gasteiger partial charge in [-0.1, -0.05) is 29.8 Å². The molecule has 0 aliphatic rings. The largest absolute Gasteiger partial charge is 0.482 e. The molecule has 23 heavy (non-hydrogen) atoms. The highest BCUT2D eigenvalue weighted by molar-refractivity contribution is 6.30. The van der Waals surface area contributed by atoms with E-state index in [0.29, 0.717) is 16.3 Å². The van der Waals surface area contributed by atoms with E-state index >= 15 is 0 Å². The molecule has 0 aliphatic carbocycles. The second kappa shape index (κ2) is 7.60. The van der Waals surface area contributed by atoms with Gasteiger partial charge in [-0.3, -0.25) is 10.1 Å². The van der Waals surface area contributed by atoms with Gasteiger partial charge in [-0.25, -0.2) is 4.79 Å². The second-order valence-corrected chi connectivity index (χ2v) is 5.17. The SMILES string of the molecule is C[C@@H](OC(=O)COc1cccc(Cl)c1)c1cccc([N+](=O)[O-])c1. The number of hydrogen-bond acceptors (Lipinski definition) is 5. The van der Waals surface area contributed by atoms with Gasteiger partial charge in [0.15, 0.2) is 6.61 Å². The number of carbonyl (C=O) groups excluding carboxylic acids is 1. The van der Waals surface area contributed by atoms with Crippen LogP contribution in [-0.4, -0.2) is 17.5 Å². The monoisotopic (exact) mass is 335 g/mol. The van der Waals surface area contributed by atoms with Crippen molar-refractivity contribution in [2.45, 2.75) is 13.0 Å². The van der Waals surface area contributed by atoms with Gasteiger partial charge >= 0.3 is 5.97 Å². The highest BCUT2D eigenvalue weighted by atomic mass is 35.5. The number of nitro benzene ring substituents is 1. The lowest BCUT2D eigenvalue weighted by molar-refractivity contribution is -0.385. The number of hydrogen-bond donors (Lipinski definition) is 0. The van der Waals surface area contributed by atoms with Gasteiger partial charge in [0, 0.05) is 17.2 Å². The van der Waals surface area contributed by atoms with Crippen molar-refractivity contribution >= 4 is 23.3 Å².